The summed E-state index contributed by atoms with van der Waals surface area (Å²) in [4.78, 5) is 39.2. The van der Waals surface area contributed by atoms with E-state index in [0.717, 1.165) is 30.3 Å². The van der Waals surface area contributed by atoms with Crippen molar-refractivity contribution >= 4 is 16.8 Å². The van der Waals surface area contributed by atoms with E-state index < -0.39 is 5.69 Å². The summed E-state index contributed by atoms with van der Waals surface area (Å²) < 4.78 is 2.47. The van der Waals surface area contributed by atoms with Gasteiger partial charge < -0.3 is 4.90 Å². The van der Waals surface area contributed by atoms with Crippen LogP contribution < -0.4 is 11.2 Å². The van der Waals surface area contributed by atoms with Crippen molar-refractivity contribution in [2.24, 2.45) is 7.05 Å². The van der Waals surface area contributed by atoms with E-state index in [-0.39, 0.29) is 24.1 Å². The zero-order chi connectivity index (χ0) is 17.3. The summed E-state index contributed by atoms with van der Waals surface area (Å²) >= 11 is 0. The van der Waals surface area contributed by atoms with Gasteiger partial charge in [0.1, 0.15) is 6.54 Å². The fourth-order valence-corrected chi connectivity index (χ4v) is 3.51. The van der Waals surface area contributed by atoms with Crippen LogP contribution in [0.2, 0.25) is 0 Å². The van der Waals surface area contributed by atoms with Gasteiger partial charge in [-0.2, -0.15) is 0 Å². The van der Waals surface area contributed by atoms with Gasteiger partial charge >= 0.3 is 5.69 Å². The molecule has 1 amide bonds. The number of hydrogen-bond donors (Lipinski definition) is 0. The van der Waals surface area contributed by atoms with Crippen LogP contribution in [0.3, 0.4) is 0 Å². The van der Waals surface area contributed by atoms with Crippen molar-refractivity contribution in [1.82, 2.24) is 14.0 Å². The number of aromatic nitrogens is 2. The van der Waals surface area contributed by atoms with Crippen LogP contribution in [-0.4, -0.2) is 33.0 Å². The van der Waals surface area contributed by atoms with Gasteiger partial charge in [-0.25, -0.2) is 4.79 Å². The van der Waals surface area contributed by atoms with E-state index in [9.17, 15) is 14.4 Å². The third kappa shape index (κ3) is 2.88. The highest BCUT2D eigenvalue weighted by atomic mass is 16.2. The Bertz CT molecular complexity index is 875. The molecule has 1 aliphatic carbocycles. The molecule has 0 bridgehead atoms. The molecule has 1 heterocycles. The van der Waals surface area contributed by atoms with Gasteiger partial charge in [-0.15, -0.1) is 0 Å². The van der Waals surface area contributed by atoms with Crippen molar-refractivity contribution in [3.63, 3.8) is 0 Å². The Kier molecular flexibility index (Phi) is 4.55. The Morgan fingerprint density at radius 2 is 1.83 bits per heavy atom. The molecule has 0 aliphatic heterocycles. The maximum Gasteiger partial charge on any atom is 0.331 e. The lowest BCUT2D eigenvalue weighted by molar-refractivity contribution is -0.133. The van der Waals surface area contributed by atoms with Crippen molar-refractivity contribution in [2.45, 2.75) is 44.7 Å². The first-order chi connectivity index (χ1) is 11.5. The van der Waals surface area contributed by atoms with Gasteiger partial charge in [-0.1, -0.05) is 31.4 Å². The molecule has 1 aromatic heterocycles. The maximum absolute atomic E-state index is 12.7. The Morgan fingerprint density at radius 3 is 2.54 bits per heavy atom. The predicted molar refractivity (Wildman–Crippen MR) is 93.1 cm³/mol. The summed E-state index contributed by atoms with van der Waals surface area (Å²) in [5, 5.41) is 0.452. The van der Waals surface area contributed by atoms with Gasteiger partial charge in [-0.3, -0.25) is 18.7 Å². The lowest BCUT2D eigenvalue weighted by Crippen LogP contribution is -2.44. The fraction of sp³-hybridized carbons (Fsp3) is 0.500. The minimum atomic E-state index is -0.455. The average Bonchev–Trinajstić information content (AvgIpc) is 2.63. The second-order valence-corrected chi connectivity index (χ2v) is 6.55. The molecular weight excluding hydrogens is 306 g/mol. The quantitative estimate of drug-likeness (QED) is 0.857. The molecule has 3 rings (SSSR count). The number of fused-ring (bicyclic) bond motifs is 1. The van der Waals surface area contributed by atoms with Crippen molar-refractivity contribution in [1.29, 1.82) is 0 Å². The predicted octanol–water partition coefficient (Wildman–Crippen LogP) is 1.49. The average molecular weight is 329 g/mol. The van der Waals surface area contributed by atoms with Gasteiger partial charge in [0, 0.05) is 20.1 Å². The number of rotatable bonds is 3. The number of nitrogens with zero attached hydrogens (tertiary/aromatic N) is 3. The van der Waals surface area contributed by atoms with E-state index in [2.05, 4.69) is 0 Å². The topological polar surface area (TPSA) is 64.3 Å². The molecule has 0 unspecified atom stereocenters. The number of amides is 1. The van der Waals surface area contributed by atoms with E-state index in [1.165, 1.54) is 18.0 Å². The largest absolute Gasteiger partial charge is 0.341 e. The van der Waals surface area contributed by atoms with Gasteiger partial charge in [0.2, 0.25) is 5.91 Å². The third-order valence-corrected chi connectivity index (χ3v) is 5.06. The molecule has 0 spiro atoms. The smallest absolute Gasteiger partial charge is 0.331 e. The first-order valence-corrected chi connectivity index (χ1v) is 8.45. The number of para-hydroxylation sites is 1. The standard InChI is InChI=1S/C18H23N3O3/c1-19(13-8-4-3-5-9-13)16(22)12-21-15-11-7-6-10-14(15)17(23)20(2)18(21)24/h6-7,10-11,13H,3-5,8-9,12H2,1-2H3. The Morgan fingerprint density at radius 1 is 1.17 bits per heavy atom. The Labute approximate surface area is 140 Å². The molecule has 0 N–H and O–H groups in total. The molecule has 1 saturated carbocycles. The van der Waals surface area contributed by atoms with Crippen molar-refractivity contribution < 1.29 is 4.79 Å². The van der Waals surface area contributed by atoms with Crippen LogP contribution in [0, 0.1) is 0 Å². The Hall–Kier alpha value is -2.37. The molecular formula is C18H23N3O3. The van der Waals surface area contributed by atoms with Crippen LogP contribution in [0.5, 0.6) is 0 Å². The van der Waals surface area contributed by atoms with Crippen LogP contribution in [-0.2, 0) is 18.4 Å². The first kappa shape index (κ1) is 16.5. The molecule has 0 atom stereocenters. The number of benzene rings is 1. The van der Waals surface area contributed by atoms with Crippen LogP contribution in [0.15, 0.2) is 33.9 Å². The van der Waals surface area contributed by atoms with E-state index in [1.54, 1.807) is 29.2 Å². The lowest BCUT2D eigenvalue weighted by Gasteiger charge is -2.31. The normalized spacial score (nSPS) is 15.6. The van der Waals surface area contributed by atoms with E-state index in [4.69, 9.17) is 0 Å². The zero-order valence-corrected chi connectivity index (χ0v) is 14.2. The Balaban J connectivity index is 1.96. The van der Waals surface area contributed by atoms with Gasteiger partial charge in [0.05, 0.1) is 10.9 Å². The molecule has 24 heavy (non-hydrogen) atoms. The van der Waals surface area contributed by atoms with Crippen LogP contribution in [0.1, 0.15) is 32.1 Å². The SMILES string of the molecule is CN(C(=O)Cn1c(=O)n(C)c(=O)c2ccccc21)C1CCCCC1. The van der Waals surface area contributed by atoms with E-state index in [0.29, 0.717) is 10.9 Å². The molecule has 1 aliphatic rings. The number of carbonyl (C=O) groups is 1. The van der Waals surface area contributed by atoms with Crippen molar-refractivity contribution in [3.8, 4) is 0 Å². The second kappa shape index (κ2) is 6.63. The zero-order valence-electron chi connectivity index (χ0n) is 14.2. The summed E-state index contributed by atoms with van der Waals surface area (Å²) in [5.74, 6) is -0.0900. The summed E-state index contributed by atoms with van der Waals surface area (Å²) in [6, 6.07) is 7.18. The van der Waals surface area contributed by atoms with Gasteiger partial charge in [0.25, 0.3) is 5.56 Å². The molecule has 0 saturated heterocycles. The summed E-state index contributed by atoms with van der Waals surface area (Å²) in [6.45, 7) is -0.0412. The molecule has 6 heteroatoms. The van der Waals surface area contributed by atoms with Gasteiger partial charge in [-0.05, 0) is 25.0 Å². The maximum atomic E-state index is 12.7. The van der Waals surface area contributed by atoms with Crippen LogP contribution in [0.4, 0.5) is 0 Å². The third-order valence-electron chi connectivity index (χ3n) is 5.06. The molecule has 128 valence electrons. The first-order valence-electron chi connectivity index (χ1n) is 8.45. The van der Waals surface area contributed by atoms with E-state index >= 15 is 0 Å². The molecule has 1 fully saturated rings. The lowest BCUT2D eigenvalue weighted by atomic mass is 9.94. The number of carbonyl (C=O) groups excluding carboxylic acids is 1. The van der Waals surface area contributed by atoms with Crippen LogP contribution in [0.25, 0.3) is 10.9 Å². The second-order valence-electron chi connectivity index (χ2n) is 6.55. The summed E-state index contributed by atoms with van der Waals surface area (Å²) in [5.41, 5.74) is -0.278. The minimum Gasteiger partial charge on any atom is -0.341 e. The monoisotopic (exact) mass is 329 g/mol. The highest BCUT2D eigenvalue weighted by Crippen LogP contribution is 2.21. The number of likely N-dealkylation sites (N-methyl/N-ethyl adjacent to an activating group) is 1. The highest BCUT2D eigenvalue weighted by Gasteiger charge is 2.23. The minimum absolute atomic E-state index is 0.0412. The summed E-state index contributed by atoms with van der Waals surface area (Å²) in [7, 11) is 3.26. The molecule has 2 aromatic rings. The van der Waals surface area contributed by atoms with Gasteiger partial charge in [0.15, 0.2) is 0 Å². The molecule has 1 aromatic carbocycles. The van der Waals surface area contributed by atoms with E-state index in [1.807, 2.05) is 7.05 Å². The summed E-state index contributed by atoms with van der Waals surface area (Å²) in [6.07, 6.45) is 5.55. The molecule has 0 radical (unpaired) electrons. The number of hydrogen-bond acceptors (Lipinski definition) is 3. The highest BCUT2D eigenvalue weighted by molar-refractivity contribution is 5.81. The van der Waals surface area contributed by atoms with Crippen LogP contribution >= 0.6 is 0 Å². The molecule has 6 nitrogen and oxygen atoms in total. The fourth-order valence-electron chi connectivity index (χ4n) is 3.51. The van der Waals surface area contributed by atoms with Crippen molar-refractivity contribution in [2.75, 3.05) is 7.05 Å². The van der Waals surface area contributed by atoms with Crippen molar-refractivity contribution in [3.05, 3.63) is 45.1 Å².